The van der Waals surface area contributed by atoms with Gasteiger partial charge in [0.15, 0.2) is 4.34 Å². The number of nitrogens with one attached hydrogen (secondary N) is 1. The molecule has 1 aromatic carbocycles. The summed E-state index contributed by atoms with van der Waals surface area (Å²) in [5.74, 6) is 0. The molecule has 0 radical (unpaired) electrons. The second-order valence-electron chi connectivity index (χ2n) is 5.54. The summed E-state index contributed by atoms with van der Waals surface area (Å²) in [5.41, 5.74) is 1.31. The van der Waals surface area contributed by atoms with Gasteiger partial charge in [-0.25, -0.2) is 0 Å². The quantitative estimate of drug-likeness (QED) is 0.894. The Bertz CT molecular complexity index is 590. The first-order valence-electron chi connectivity index (χ1n) is 6.35. The highest BCUT2D eigenvalue weighted by Crippen LogP contribution is 2.34. The van der Waals surface area contributed by atoms with E-state index in [0.29, 0.717) is 0 Å². The third-order valence-corrected chi connectivity index (χ3v) is 4.77. The van der Waals surface area contributed by atoms with Crippen molar-refractivity contribution in [3.8, 4) is 0 Å². The summed E-state index contributed by atoms with van der Waals surface area (Å²) in [6.45, 7) is 9.24. The van der Waals surface area contributed by atoms with Crippen molar-refractivity contribution in [2.75, 3.05) is 0 Å². The third-order valence-electron chi connectivity index (χ3n) is 2.54. The number of rotatable bonds is 4. The first-order valence-corrected chi connectivity index (χ1v) is 8.36. The average Bonchev–Trinajstić information content (AvgIpc) is 2.72. The van der Waals surface area contributed by atoms with Crippen molar-refractivity contribution in [1.29, 1.82) is 0 Å². The first kappa shape index (κ1) is 15.8. The molecule has 1 heterocycles. The van der Waals surface area contributed by atoms with Gasteiger partial charge in [-0.3, -0.25) is 0 Å². The van der Waals surface area contributed by atoms with Gasteiger partial charge in [0.25, 0.3) is 0 Å². The summed E-state index contributed by atoms with van der Waals surface area (Å²) >= 11 is 9.33. The maximum atomic E-state index is 6.11. The number of hydrogen-bond donors (Lipinski definition) is 1. The lowest BCUT2D eigenvalue weighted by atomic mass is 10.1. The van der Waals surface area contributed by atoms with E-state index in [0.717, 1.165) is 25.8 Å². The molecule has 0 amide bonds. The molecule has 20 heavy (non-hydrogen) atoms. The van der Waals surface area contributed by atoms with E-state index in [2.05, 4.69) is 42.4 Å². The lowest BCUT2D eigenvalue weighted by Gasteiger charge is -2.21. The maximum Gasteiger partial charge on any atom is 0.179 e. The van der Waals surface area contributed by atoms with Crippen LogP contribution in [0, 0.1) is 6.92 Å². The summed E-state index contributed by atoms with van der Waals surface area (Å²) in [6.07, 6.45) is 0. The van der Waals surface area contributed by atoms with Gasteiger partial charge in [-0.05, 0) is 45.4 Å². The third kappa shape index (κ3) is 4.74. The molecule has 0 atom stereocenters. The molecular formula is C14H18ClN3S2. The van der Waals surface area contributed by atoms with Crippen molar-refractivity contribution in [1.82, 2.24) is 15.5 Å². The number of benzene rings is 1. The molecule has 6 heteroatoms. The van der Waals surface area contributed by atoms with Crippen molar-refractivity contribution in [2.24, 2.45) is 0 Å². The second-order valence-corrected chi connectivity index (χ2v) is 8.45. The standard InChI is InChI=1S/C14H18ClN3S2/c1-9-17-18-13(19-9)20-12-7-11(15)6-5-10(12)8-16-14(2,3)4/h5-7,16H,8H2,1-4H3. The molecule has 2 aromatic rings. The molecule has 0 aliphatic rings. The van der Waals surface area contributed by atoms with Gasteiger partial charge in [-0.15, -0.1) is 10.2 Å². The highest BCUT2D eigenvalue weighted by molar-refractivity contribution is 8.01. The Labute approximate surface area is 133 Å². The lowest BCUT2D eigenvalue weighted by molar-refractivity contribution is 0.422. The average molecular weight is 328 g/mol. The molecular weight excluding hydrogens is 310 g/mol. The molecule has 0 aliphatic heterocycles. The molecule has 0 saturated carbocycles. The smallest absolute Gasteiger partial charge is 0.179 e. The van der Waals surface area contributed by atoms with Gasteiger partial charge in [0.1, 0.15) is 5.01 Å². The number of hydrogen-bond acceptors (Lipinski definition) is 5. The van der Waals surface area contributed by atoms with Gasteiger partial charge in [0.2, 0.25) is 0 Å². The maximum absolute atomic E-state index is 6.11. The van der Waals surface area contributed by atoms with Crippen molar-refractivity contribution in [3.05, 3.63) is 33.8 Å². The van der Waals surface area contributed by atoms with Crippen molar-refractivity contribution in [3.63, 3.8) is 0 Å². The van der Waals surface area contributed by atoms with Crippen LogP contribution < -0.4 is 5.32 Å². The Morgan fingerprint density at radius 3 is 2.65 bits per heavy atom. The van der Waals surface area contributed by atoms with E-state index >= 15 is 0 Å². The molecule has 2 rings (SSSR count). The van der Waals surface area contributed by atoms with E-state index in [1.54, 1.807) is 23.1 Å². The Kier molecular flexibility index (Phi) is 5.07. The van der Waals surface area contributed by atoms with Crippen LogP contribution in [0.4, 0.5) is 0 Å². The SMILES string of the molecule is Cc1nnc(Sc2cc(Cl)ccc2CNC(C)(C)C)s1. The van der Waals surface area contributed by atoms with Crippen LogP contribution in [0.25, 0.3) is 0 Å². The minimum absolute atomic E-state index is 0.0842. The first-order chi connectivity index (χ1) is 9.33. The van der Waals surface area contributed by atoms with Crippen LogP contribution in [0.5, 0.6) is 0 Å². The Morgan fingerprint density at radius 2 is 2.05 bits per heavy atom. The van der Waals surface area contributed by atoms with Gasteiger partial charge < -0.3 is 5.32 Å². The van der Waals surface area contributed by atoms with Crippen LogP contribution >= 0.6 is 34.7 Å². The fourth-order valence-corrected chi connectivity index (χ4v) is 3.72. The molecule has 3 nitrogen and oxygen atoms in total. The molecule has 0 unspecified atom stereocenters. The molecule has 0 aliphatic carbocycles. The van der Waals surface area contributed by atoms with Crippen LogP contribution in [0.2, 0.25) is 5.02 Å². The highest BCUT2D eigenvalue weighted by Gasteiger charge is 2.13. The molecule has 1 aromatic heterocycles. The summed E-state index contributed by atoms with van der Waals surface area (Å²) in [4.78, 5) is 1.13. The topological polar surface area (TPSA) is 37.8 Å². The number of aromatic nitrogens is 2. The molecule has 1 N–H and O–H groups in total. The van der Waals surface area contributed by atoms with Crippen LogP contribution in [0.1, 0.15) is 31.3 Å². The lowest BCUT2D eigenvalue weighted by Crippen LogP contribution is -2.35. The molecule has 0 saturated heterocycles. The minimum atomic E-state index is 0.0842. The van der Waals surface area contributed by atoms with Gasteiger partial charge in [0.05, 0.1) is 0 Å². The summed E-state index contributed by atoms with van der Waals surface area (Å²) < 4.78 is 0.946. The van der Waals surface area contributed by atoms with E-state index in [4.69, 9.17) is 11.6 Å². The summed E-state index contributed by atoms with van der Waals surface area (Å²) in [7, 11) is 0. The van der Waals surface area contributed by atoms with Gasteiger partial charge in [-0.1, -0.05) is 40.8 Å². The van der Waals surface area contributed by atoms with Gasteiger partial charge >= 0.3 is 0 Å². The Morgan fingerprint density at radius 1 is 1.30 bits per heavy atom. The fourth-order valence-electron chi connectivity index (χ4n) is 1.54. The second kappa shape index (κ2) is 6.43. The largest absolute Gasteiger partial charge is 0.308 e. The summed E-state index contributed by atoms with van der Waals surface area (Å²) in [5, 5.41) is 13.4. The van der Waals surface area contributed by atoms with E-state index in [1.165, 1.54) is 5.56 Å². The van der Waals surface area contributed by atoms with Crippen molar-refractivity contribution >= 4 is 34.7 Å². The zero-order chi connectivity index (χ0) is 14.8. The predicted octanol–water partition coefficient (Wildman–Crippen LogP) is 4.54. The highest BCUT2D eigenvalue weighted by atomic mass is 35.5. The van der Waals surface area contributed by atoms with Gasteiger partial charge in [-0.2, -0.15) is 0 Å². The predicted molar refractivity (Wildman–Crippen MR) is 86.8 cm³/mol. The van der Waals surface area contributed by atoms with E-state index in [1.807, 2.05) is 19.1 Å². The van der Waals surface area contributed by atoms with E-state index in [-0.39, 0.29) is 5.54 Å². The fraction of sp³-hybridized carbons (Fsp3) is 0.429. The van der Waals surface area contributed by atoms with Crippen LogP contribution in [-0.2, 0) is 6.54 Å². The van der Waals surface area contributed by atoms with E-state index < -0.39 is 0 Å². The number of nitrogens with zero attached hydrogens (tertiary/aromatic N) is 2. The Hall–Kier alpha value is -0.620. The molecule has 0 fully saturated rings. The van der Waals surface area contributed by atoms with E-state index in [9.17, 15) is 0 Å². The van der Waals surface area contributed by atoms with Crippen LogP contribution in [0.3, 0.4) is 0 Å². The number of aryl methyl sites for hydroxylation is 1. The monoisotopic (exact) mass is 327 g/mol. The normalized spacial score (nSPS) is 11.8. The zero-order valence-electron chi connectivity index (χ0n) is 12.0. The van der Waals surface area contributed by atoms with Crippen molar-refractivity contribution in [2.45, 2.75) is 49.0 Å². The molecule has 0 bridgehead atoms. The minimum Gasteiger partial charge on any atom is -0.308 e. The number of halogens is 1. The Balaban J connectivity index is 2.19. The molecule has 108 valence electrons. The van der Waals surface area contributed by atoms with Crippen LogP contribution in [-0.4, -0.2) is 15.7 Å². The van der Waals surface area contributed by atoms with Crippen molar-refractivity contribution < 1.29 is 0 Å². The van der Waals surface area contributed by atoms with Gasteiger partial charge in [0, 0.05) is 22.0 Å². The summed E-state index contributed by atoms with van der Waals surface area (Å²) in [6, 6.07) is 5.98. The van der Waals surface area contributed by atoms with Crippen LogP contribution in [0.15, 0.2) is 27.4 Å². The zero-order valence-corrected chi connectivity index (χ0v) is 14.4. The molecule has 0 spiro atoms.